The van der Waals surface area contributed by atoms with Gasteiger partial charge in [-0.2, -0.15) is 0 Å². The van der Waals surface area contributed by atoms with Gasteiger partial charge in [0.15, 0.2) is 0 Å². The van der Waals surface area contributed by atoms with Gasteiger partial charge in [-0.25, -0.2) is 4.79 Å². The number of ether oxygens (including phenoxy) is 1. The molecule has 0 atom stereocenters. The van der Waals surface area contributed by atoms with E-state index in [9.17, 15) is 4.79 Å². The molecule has 12 heavy (non-hydrogen) atoms. The Morgan fingerprint density at radius 3 is 2.75 bits per heavy atom. The molecule has 0 fully saturated rings. The van der Waals surface area contributed by atoms with Gasteiger partial charge in [0.1, 0.15) is 6.11 Å². The molecule has 0 bridgehead atoms. The van der Waals surface area contributed by atoms with Gasteiger partial charge in [-0.05, 0) is 13.3 Å². The van der Waals surface area contributed by atoms with Crippen LogP contribution in [-0.2, 0) is 9.53 Å². The minimum Gasteiger partial charge on any atom is -0.369 e. The van der Waals surface area contributed by atoms with Crippen LogP contribution in [0.15, 0.2) is 12.2 Å². The molecule has 0 saturated heterocycles. The van der Waals surface area contributed by atoms with Gasteiger partial charge in [0.25, 0.3) is 0 Å². The van der Waals surface area contributed by atoms with E-state index in [2.05, 4.69) is 30.3 Å². The molecule has 0 aromatic carbocycles. The van der Waals surface area contributed by atoms with Crippen LogP contribution in [0.4, 0.5) is 0 Å². The van der Waals surface area contributed by atoms with Crippen LogP contribution in [-0.4, -0.2) is 5.97 Å². The van der Waals surface area contributed by atoms with Crippen LogP contribution < -0.4 is 0 Å². The van der Waals surface area contributed by atoms with E-state index >= 15 is 0 Å². The van der Waals surface area contributed by atoms with Crippen LogP contribution in [0.1, 0.15) is 33.1 Å². The van der Waals surface area contributed by atoms with Gasteiger partial charge in [-0.1, -0.05) is 25.8 Å². The molecule has 0 aliphatic heterocycles. The fraction of sp³-hybridized carbons (Fsp3) is 0.500. The van der Waals surface area contributed by atoms with Crippen LogP contribution in [0.5, 0.6) is 0 Å². The fourth-order valence-electron chi connectivity index (χ4n) is 0.486. The summed E-state index contributed by atoms with van der Waals surface area (Å²) in [6.07, 6.45) is 5.26. The number of hydrogen-bond donors (Lipinski definition) is 0. The summed E-state index contributed by atoms with van der Waals surface area (Å²) in [5, 5.41) is 0. The van der Waals surface area contributed by atoms with Crippen LogP contribution in [0.2, 0.25) is 0 Å². The predicted octanol–water partition coefficient (Wildman–Crippen LogP) is 2.26. The lowest BCUT2D eigenvalue weighted by Crippen LogP contribution is -1.99. The van der Waals surface area contributed by atoms with E-state index in [4.69, 9.17) is 0 Å². The lowest BCUT2D eigenvalue weighted by molar-refractivity contribution is -0.132. The summed E-state index contributed by atoms with van der Waals surface area (Å²) in [6, 6.07) is 0. The monoisotopic (exact) mass is 166 g/mol. The van der Waals surface area contributed by atoms with Crippen molar-refractivity contribution in [1.29, 1.82) is 0 Å². The molecule has 0 spiro atoms. The topological polar surface area (TPSA) is 26.3 Å². The van der Waals surface area contributed by atoms with Gasteiger partial charge in [0.05, 0.1) is 0 Å². The smallest absolute Gasteiger partial charge is 0.347 e. The Kier molecular flexibility index (Phi) is 5.81. The molecule has 0 saturated carbocycles. The van der Waals surface area contributed by atoms with Gasteiger partial charge in [0, 0.05) is 12.0 Å². The SMILES string of the molecule is C=C(C)C(=O)OC#CCCCC. The minimum absolute atomic E-state index is 0.375. The van der Waals surface area contributed by atoms with Gasteiger partial charge in [-0.15, -0.1) is 0 Å². The van der Waals surface area contributed by atoms with Crippen molar-refractivity contribution in [3.63, 3.8) is 0 Å². The molecule has 66 valence electrons. The Bertz CT molecular complexity index is 218. The second-order valence-corrected chi connectivity index (χ2v) is 2.55. The minimum atomic E-state index is -0.445. The summed E-state index contributed by atoms with van der Waals surface area (Å²) in [5.41, 5.74) is 0.375. The highest BCUT2D eigenvalue weighted by Gasteiger charge is 1.98. The molecule has 2 nitrogen and oxygen atoms in total. The molecule has 0 aliphatic rings. The number of hydrogen-bond acceptors (Lipinski definition) is 2. The Morgan fingerprint density at radius 1 is 1.58 bits per heavy atom. The van der Waals surface area contributed by atoms with E-state index < -0.39 is 5.97 Å². The maximum absolute atomic E-state index is 10.8. The maximum atomic E-state index is 10.8. The summed E-state index contributed by atoms with van der Waals surface area (Å²) >= 11 is 0. The van der Waals surface area contributed by atoms with Crippen molar-refractivity contribution in [1.82, 2.24) is 0 Å². The molecule has 0 N–H and O–H groups in total. The number of esters is 1. The molecule has 2 heteroatoms. The molecule has 0 unspecified atom stereocenters. The molecule has 0 aliphatic carbocycles. The third-order valence-electron chi connectivity index (χ3n) is 1.22. The average molecular weight is 166 g/mol. The molecular weight excluding hydrogens is 152 g/mol. The van der Waals surface area contributed by atoms with Gasteiger partial charge < -0.3 is 4.74 Å². The zero-order chi connectivity index (χ0) is 9.40. The predicted molar refractivity (Wildman–Crippen MR) is 48.2 cm³/mol. The second-order valence-electron chi connectivity index (χ2n) is 2.55. The first-order chi connectivity index (χ1) is 5.68. The van der Waals surface area contributed by atoms with E-state index in [1.807, 2.05) is 0 Å². The zero-order valence-electron chi connectivity index (χ0n) is 7.64. The summed E-state index contributed by atoms with van der Waals surface area (Å²) in [5.74, 6) is 2.29. The zero-order valence-corrected chi connectivity index (χ0v) is 7.64. The van der Waals surface area contributed by atoms with Crippen molar-refractivity contribution in [2.45, 2.75) is 33.1 Å². The average Bonchev–Trinajstić information content (AvgIpc) is 2.03. The lowest BCUT2D eigenvalue weighted by atomic mass is 10.3. The molecule has 0 aromatic heterocycles. The van der Waals surface area contributed by atoms with E-state index in [-0.39, 0.29) is 0 Å². The third-order valence-corrected chi connectivity index (χ3v) is 1.22. The van der Waals surface area contributed by atoms with Gasteiger partial charge >= 0.3 is 5.97 Å². The van der Waals surface area contributed by atoms with Crippen LogP contribution >= 0.6 is 0 Å². The van der Waals surface area contributed by atoms with Crippen molar-refractivity contribution < 1.29 is 9.53 Å². The van der Waals surface area contributed by atoms with Crippen molar-refractivity contribution >= 4 is 5.97 Å². The summed E-state index contributed by atoms with van der Waals surface area (Å²) in [4.78, 5) is 10.8. The summed E-state index contributed by atoms with van der Waals surface area (Å²) < 4.78 is 4.55. The first-order valence-electron chi connectivity index (χ1n) is 4.03. The first kappa shape index (κ1) is 10.8. The molecule has 0 heterocycles. The van der Waals surface area contributed by atoms with Crippen molar-refractivity contribution in [2.75, 3.05) is 0 Å². The highest BCUT2D eigenvalue weighted by atomic mass is 16.5. The Balaban J connectivity index is 3.57. The molecule has 0 aromatic rings. The van der Waals surface area contributed by atoms with E-state index in [1.54, 1.807) is 6.92 Å². The number of rotatable bonds is 3. The van der Waals surface area contributed by atoms with Crippen molar-refractivity contribution in [2.24, 2.45) is 0 Å². The number of carbonyl (C=O) groups is 1. The lowest BCUT2D eigenvalue weighted by Gasteiger charge is -1.91. The number of unbranched alkanes of at least 4 members (excludes halogenated alkanes) is 2. The van der Waals surface area contributed by atoms with Crippen molar-refractivity contribution in [3.05, 3.63) is 12.2 Å². The molecule has 0 radical (unpaired) electrons. The third kappa shape index (κ3) is 5.55. The van der Waals surface area contributed by atoms with Crippen LogP contribution in [0, 0.1) is 12.0 Å². The largest absolute Gasteiger partial charge is 0.369 e. The van der Waals surface area contributed by atoms with Gasteiger partial charge in [0.2, 0.25) is 0 Å². The first-order valence-corrected chi connectivity index (χ1v) is 4.03. The summed E-state index contributed by atoms with van der Waals surface area (Å²) in [6.45, 7) is 7.11. The van der Waals surface area contributed by atoms with Gasteiger partial charge in [-0.3, -0.25) is 0 Å². The van der Waals surface area contributed by atoms with Crippen LogP contribution in [0.3, 0.4) is 0 Å². The quantitative estimate of drug-likeness (QED) is 0.278. The number of carbonyl (C=O) groups excluding carboxylic acids is 1. The van der Waals surface area contributed by atoms with E-state index in [0.717, 1.165) is 19.3 Å². The summed E-state index contributed by atoms with van der Waals surface area (Å²) in [7, 11) is 0. The van der Waals surface area contributed by atoms with E-state index in [1.165, 1.54) is 0 Å². The Hall–Kier alpha value is -1.23. The van der Waals surface area contributed by atoms with Crippen molar-refractivity contribution in [3.8, 4) is 12.0 Å². The normalized spacial score (nSPS) is 8.17. The standard InChI is InChI=1S/C10H14O2/c1-4-5-6-7-8-12-10(11)9(2)3/h2,4-6H2,1,3H3. The Morgan fingerprint density at radius 2 is 2.25 bits per heavy atom. The second kappa shape index (κ2) is 6.48. The highest BCUT2D eigenvalue weighted by Crippen LogP contribution is 1.92. The molecular formula is C10H14O2. The highest BCUT2D eigenvalue weighted by molar-refractivity contribution is 5.87. The molecule has 0 amide bonds. The maximum Gasteiger partial charge on any atom is 0.347 e. The fourth-order valence-corrected chi connectivity index (χ4v) is 0.486. The van der Waals surface area contributed by atoms with E-state index in [0.29, 0.717) is 5.57 Å². The van der Waals surface area contributed by atoms with Crippen LogP contribution in [0.25, 0.3) is 0 Å². The Labute approximate surface area is 73.6 Å². The molecule has 0 rings (SSSR count).